The smallest absolute Gasteiger partial charge is 0.293 e. The molecule has 5 heteroatoms. The van der Waals surface area contributed by atoms with Gasteiger partial charge in [0.25, 0.3) is 5.35 Å². The monoisotopic (exact) mass is 221 g/mol. The van der Waals surface area contributed by atoms with Crippen LogP contribution in [0.5, 0.6) is 0 Å². The molecule has 1 aromatic carbocycles. The third-order valence-electron chi connectivity index (χ3n) is 1.43. The molecule has 0 unspecified atom stereocenters. The standard InChI is InChI=1S/C7H2Cl3NO/c8-3-1-2-4-6(5(3)9)11-7(10)12-4/h1-2H. The minimum atomic E-state index is 0.0640. The zero-order valence-corrected chi connectivity index (χ0v) is 7.91. The maximum Gasteiger partial charge on any atom is 0.293 e. The van der Waals surface area contributed by atoms with Gasteiger partial charge in [-0.15, -0.1) is 0 Å². The highest BCUT2D eigenvalue weighted by Crippen LogP contribution is 2.31. The third-order valence-corrected chi connectivity index (χ3v) is 2.38. The molecule has 0 amide bonds. The first-order valence-electron chi connectivity index (χ1n) is 3.08. The van der Waals surface area contributed by atoms with Gasteiger partial charge in [-0.1, -0.05) is 23.2 Å². The van der Waals surface area contributed by atoms with Crippen molar-refractivity contribution in [2.75, 3.05) is 0 Å². The first-order chi connectivity index (χ1) is 5.68. The summed E-state index contributed by atoms with van der Waals surface area (Å²) in [6, 6.07) is 3.30. The van der Waals surface area contributed by atoms with Crippen LogP contribution in [0, 0.1) is 0 Å². The summed E-state index contributed by atoms with van der Waals surface area (Å²) in [7, 11) is 0. The number of rotatable bonds is 0. The van der Waals surface area contributed by atoms with Gasteiger partial charge in [0.1, 0.15) is 5.52 Å². The number of halogens is 3. The molecule has 1 aromatic heterocycles. The average Bonchev–Trinajstić information content (AvgIpc) is 2.39. The Kier molecular flexibility index (Phi) is 1.91. The number of benzene rings is 1. The van der Waals surface area contributed by atoms with Crippen molar-refractivity contribution in [1.82, 2.24) is 4.98 Å². The van der Waals surface area contributed by atoms with Crippen LogP contribution in [0.4, 0.5) is 0 Å². The number of hydrogen-bond acceptors (Lipinski definition) is 2. The van der Waals surface area contributed by atoms with Gasteiger partial charge >= 0.3 is 0 Å². The van der Waals surface area contributed by atoms with Gasteiger partial charge in [-0.3, -0.25) is 0 Å². The lowest BCUT2D eigenvalue weighted by Gasteiger charge is -1.92. The molecule has 2 rings (SSSR count). The maximum atomic E-state index is 5.83. The Balaban J connectivity index is 2.89. The summed E-state index contributed by atoms with van der Waals surface area (Å²) in [5.74, 6) is 0. The fourth-order valence-corrected chi connectivity index (χ4v) is 1.43. The Labute approximate surface area is 83.0 Å². The number of nitrogens with zero attached hydrogens (tertiary/aromatic N) is 1. The van der Waals surface area contributed by atoms with Crippen molar-refractivity contribution in [3.63, 3.8) is 0 Å². The number of aromatic nitrogens is 1. The first kappa shape index (κ1) is 8.17. The van der Waals surface area contributed by atoms with Crippen LogP contribution in [-0.4, -0.2) is 4.98 Å². The molecule has 12 heavy (non-hydrogen) atoms. The predicted octanol–water partition coefficient (Wildman–Crippen LogP) is 3.79. The van der Waals surface area contributed by atoms with E-state index in [1.807, 2.05) is 0 Å². The van der Waals surface area contributed by atoms with E-state index in [2.05, 4.69) is 4.98 Å². The Morgan fingerprint density at radius 3 is 2.67 bits per heavy atom. The largest absolute Gasteiger partial charge is 0.428 e. The molecule has 0 fully saturated rings. The average molecular weight is 222 g/mol. The van der Waals surface area contributed by atoms with Crippen molar-refractivity contribution >= 4 is 45.9 Å². The molecule has 62 valence electrons. The molecule has 0 saturated heterocycles. The van der Waals surface area contributed by atoms with Crippen molar-refractivity contribution in [1.29, 1.82) is 0 Å². The Morgan fingerprint density at radius 1 is 1.17 bits per heavy atom. The molecule has 1 heterocycles. The van der Waals surface area contributed by atoms with Crippen LogP contribution in [0.3, 0.4) is 0 Å². The maximum absolute atomic E-state index is 5.83. The Hall–Kier alpha value is -0.440. The van der Waals surface area contributed by atoms with E-state index >= 15 is 0 Å². The van der Waals surface area contributed by atoms with Crippen molar-refractivity contribution in [2.45, 2.75) is 0 Å². The molecule has 0 aliphatic carbocycles. The molecule has 0 N–H and O–H groups in total. The van der Waals surface area contributed by atoms with E-state index in [1.54, 1.807) is 12.1 Å². The number of fused-ring (bicyclic) bond motifs is 1. The van der Waals surface area contributed by atoms with Gasteiger partial charge in [-0.2, -0.15) is 4.98 Å². The number of hydrogen-bond donors (Lipinski definition) is 0. The van der Waals surface area contributed by atoms with Gasteiger partial charge in [-0.25, -0.2) is 0 Å². The molecule has 0 radical (unpaired) electrons. The summed E-state index contributed by atoms with van der Waals surface area (Å²) in [6.45, 7) is 0. The molecular weight excluding hydrogens is 220 g/mol. The fraction of sp³-hybridized carbons (Fsp3) is 0. The molecule has 0 bridgehead atoms. The second kappa shape index (κ2) is 2.80. The summed E-state index contributed by atoms with van der Waals surface area (Å²) < 4.78 is 5.01. The summed E-state index contributed by atoms with van der Waals surface area (Å²) in [5.41, 5.74) is 1.03. The van der Waals surface area contributed by atoms with Crippen LogP contribution < -0.4 is 0 Å². The first-order valence-corrected chi connectivity index (χ1v) is 4.22. The minimum Gasteiger partial charge on any atom is -0.428 e. The highest BCUT2D eigenvalue weighted by molar-refractivity contribution is 6.45. The van der Waals surface area contributed by atoms with Crippen molar-refractivity contribution < 1.29 is 4.42 Å². The van der Waals surface area contributed by atoms with Crippen LogP contribution in [0.15, 0.2) is 16.5 Å². The van der Waals surface area contributed by atoms with Gasteiger partial charge in [0.2, 0.25) is 0 Å². The quantitative estimate of drug-likeness (QED) is 0.678. The highest BCUT2D eigenvalue weighted by Gasteiger charge is 2.09. The normalized spacial score (nSPS) is 10.9. The van der Waals surface area contributed by atoms with E-state index in [-0.39, 0.29) is 5.35 Å². The zero-order valence-electron chi connectivity index (χ0n) is 5.64. The molecule has 0 spiro atoms. The van der Waals surface area contributed by atoms with Gasteiger partial charge < -0.3 is 4.42 Å². The molecule has 0 aliphatic heterocycles. The van der Waals surface area contributed by atoms with Crippen molar-refractivity contribution in [3.8, 4) is 0 Å². The molecule has 0 aliphatic rings. The topological polar surface area (TPSA) is 26.0 Å². The molecule has 0 atom stereocenters. The number of oxazole rings is 1. The zero-order chi connectivity index (χ0) is 8.72. The summed E-state index contributed by atoms with van der Waals surface area (Å²) in [6.07, 6.45) is 0. The van der Waals surface area contributed by atoms with Crippen molar-refractivity contribution in [3.05, 3.63) is 27.5 Å². The lowest BCUT2D eigenvalue weighted by Crippen LogP contribution is -1.71. The van der Waals surface area contributed by atoms with Crippen LogP contribution in [0.2, 0.25) is 15.4 Å². The lowest BCUT2D eigenvalue weighted by molar-refractivity contribution is 0.604. The van der Waals surface area contributed by atoms with E-state index in [4.69, 9.17) is 39.2 Å². The van der Waals surface area contributed by atoms with Gasteiger partial charge in [0.15, 0.2) is 5.58 Å². The Bertz CT molecular complexity index is 437. The summed E-state index contributed by atoms with van der Waals surface area (Å²) in [4.78, 5) is 3.86. The van der Waals surface area contributed by atoms with Gasteiger partial charge in [0, 0.05) is 0 Å². The highest BCUT2D eigenvalue weighted by atomic mass is 35.5. The SMILES string of the molecule is Clc1nc2c(Cl)c(Cl)ccc2o1. The molecule has 0 saturated carbocycles. The van der Waals surface area contributed by atoms with E-state index in [1.165, 1.54) is 0 Å². The third kappa shape index (κ3) is 1.16. The summed E-state index contributed by atoms with van der Waals surface area (Å²) >= 11 is 17.1. The van der Waals surface area contributed by atoms with Gasteiger partial charge in [-0.05, 0) is 23.7 Å². The van der Waals surface area contributed by atoms with E-state index < -0.39 is 0 Å². The van der Waals surface area contributed by atoms with Crippen LogP contribution in [0.1, 0.15) is 0 Å². The van der Waals surface area contributed by atoms with Crippen molar-refractivity contribution in [2.24, 2.45) is 0 Å². The Morgan fingerprint density at radius 2 is 1.92 bits per heavy atom. The summed E-state index contributed by atoms with van der Waals surface area (Å²) in [5, 5.41) is 0.869. The van der Waals surface area contributed by atoms with E-state index in [0.717, 1.165) is 0 Å². The van der Waals surface area contributed by atoms with Crippen LogP contribution >= 0.6 is 34.8 Å². The van der Waals surface area contributed by atoms with E-state index in [0.29, 0.717) is 21.1 Å². The minimum absolute atomic E-state index is 0.0640. The van der Waals surface area contributed by atoms with E-state index in [9.17, 15) is 0 Å². The van der Waals surface area contributed by atoms with Gasteiger partial charge in [0.05, 0.1) is 10.0 Å². The molecule has 2 aromatic rings. The molecule has 2 nitrogen and oxygen atoms in total. The fourth-order valence-electron chi connectivity index (χ4n) is 0.910. The molecular formula is C7H2Cl3NO. The van der Waals surface area contributed by atoms with Crippen LogP contribution in [-0.2, 0) is 0 Å². The second-order valence-corrected chi connectivity index (χ2v) is 3.28. The second-order valence-electron chi connectivity index (χ2n) is 2.17. The van der Waals surface area contributed by atoms with Crippen LogP contribution in [0.25, 0.3) is 11.1 Å². The predicted molar refractivity (Wildman–Crippen MR) is 49.0 cm³/mol. The lowest BCUT2D eigenvalue weighted by atomic mass is 10.3.